The Labute approximate surface area is 447 Å². The Kier molecular flexibility index (Phi) is 10.5. The van der Waals surface area contributed by atoms with Gasteiger partial charge >= 0.3 is 0 Å². The maximum Gasteiger partial charge on any atom is 0.159 e. The molecule has 13 aromatic carbocycles. The van der Waals surface area contributed by atoms with E-state index in [-0.39, 0.29) is 0 Å². The number of anilines is 6. The molecule has 0 amide bonds. The maximum atomic E-state index is 6.81. The smallest absolute Gasteiger partial charge is 0.159 e. The van der Waals surface area contributed by atoms with Crippen LogP contribution < -0.4 is 9.80 Å². The molecule has 1 aromatic heterocycles. The zero-order chi connectivity index (χ0) is 50.8. The molecule has 77 heavy (non-hydrogen) atoms. The molecule has 3 heteroatoms. The van der Waals surface area contributed by atoms with Crippen molar-refractivity contribution >= 4 is 77.6 Å². The Morgan fingerprint density at radius 3 is 0.974 bits per heavy atom. The normalized spacial score (nSPS) is 11.6. The van der Waals surface area contributed by atoms with E-state index in [4.69, 9.17) is 4.42 Å². The van der Waals surface area contributed by atoms with E-state index < -0.39 is 0 Å². The molecule has 14 aromatic rings. The molecule has 3 nitrogen and oxygen atoms in total. The Hall–Kier alpha value is -10.2. The summed E-state index contributed by atoms with van der Waals surface area (Å²) in [6.45, 7) is 0. The van der Waals surface area contributed by atoms with Crippen molar-refractivity contribution in [1.29, 1.82) is 0 Å². The van der Waals surface area contributed by atoms with Crippen molar-refractivity contribution in [3.05, 3.63) is 291 Å². The van der Waals surface area contributed by atoms with Crippen LogP contribution >= 0.6 is 0 Å². The fraction of sp³-hybridized carbons (Fsp3) is 0. The van der Waals surface area contributed by atoms with Crippen LogP contribution in [0, 0.1) is 0 Å². The summed E-state index contributed by atoms with van der Waals surface area (Å²) in [7, 11) is 0. The second kappa shape index (κ2) is 18.3. The average Bonchev–Trinajstić information content (AvgIpc) is 3.95. The van der Waals surface area contributed by atoms with Gasteiger partial charge in [0.05, 0.1) is 5.69 Å². The summed E-state index contributed by atoms with van der Waals surface area (Å²) >= 11 is 0. The van der Waals surface area contributed by atoms with Crippen LogP contribution in [0.25, 0.3) is 110 Å². The predicted octanol–water partition coefficient (Wildman–Crippen LogP) is 21.1. The van der Waals surface area contributed by atoms with E-state index in [0.29, 0.717) is 0 Å². The fourth-order valence-corrected chi connectivity index (χ4v) is 12.3. The van der Waals surface area contributed by atoms with Crippen molar-refractivity contribution in [1.82, 2.24) is 0 Å². The zero-order valence-corrected chi connectivity index (χ0v) is 42.0. The molecule has 15 rings (SSSR count). The molecular formula is C74H48N2O. The lowest BCUT2D eigenvalue weighted by molar-refractivity contribution is 0.669. The van der Waals surface area contributed by atoms with E-state index in [1.54, 1.807) is 0 Å². The lowest BCUT2D eigenvalue weighted by Crippen LogP contribution is -2.12. The van der Waals surface area contributed by atoms with Gasteiger partial charge in [0.1, 0.15) is 5.58 Å². The van der Waals surface area contributed by atoms with Gasteiger partial charge in [0, 0.05) is 39.2 Å². The van der Waals surface area contributed by atoms with Crippen molar-refractivity contribution in [3.63, 3.8) is 0 Å². The van der Waals surface area contributed by atoms with E-state index >= 15 is 0 Å². The van der Waals surface area contributed by atoms with Gasteiger partial charge in [-0.15, -0.1) is 0 Å². The van der Waals surface area contributed by atoms with Crippen molar-refractivity contribution in [2.45, 2.75) is 0 Å². The first-order valence-electron chi connectivity index (χ1n) is 26.4. The molecule has 0 N–H and O–H groups in total. The van der Waals surface area contributed by atoms with Gasteiger partial charge in [-0.1, -0.05) is 218 Å². The van der Waals surface area contributed by atoms with E-state index in [2.05, 4.69) is 295 Å². The second-order valence-corrected chi connectivity index (χ2v) is 19.9. The minimum Gasteiger partial charge on any atom is -0.454 e. The number of benzene rings is 13. The highest BCUT2D eigenvalue weighted by atomic mass is 16.3. The largest absolute Gasteiger partial charge is 0.454 e. The summed E-state index contributed by atoms with van der Waals surface area (Å²) in [4.78, 5) is 4.75. The number of para-hydroxylation sites is 5. The van der Waals surface area contributed by atoms with Crippen LogP contribution in [-0.4, -0.2) is 0 Å². The molecule has 0 saturated heterocycles. The Balaban J connectivity index is 1.09. The number of rotatable bonds is 10. The first-order chi connectivity index (χ1) is 38.3. The molecule has 0 atom stereocenters. The fourth-order valence-electron chi connectivity index (χ4n) is 12.3. The van der Waals surface area contributed by atoms with Crippen molar-refractivity contribution in [3.8, 4) is 66.8 Å². The standard InChI is InChI=1S/C74H48N2O/c1-8-25-49(26-9-1)66-59-45-43-56(75(53-33-16-5-17-34-53)54-35-18-6-19-36-54)47-62(59)68(51-29-12-3-13-30-51)72-70(66)71-67(50-27-10-2-11-28-50)60-46-44-57(48-63(60)69(73(71)72)52-31-14-4-15-32-52)76(55-37-20-7-21-38-55)64-41-24-40-61-58-39-22-23-42-65(58)77-74(61)64/h1-48H. The van der Waals surface area contributed by atoms with Crippen LogP contribution in [0.3, 0.4) is 0 Å². The molecule has 1 aliphatic carbocycles. The van der Waals surface area contributed by atoms with Crippen molar-refractivity contribution in [2.24, 2.45) is 0 Å². The van der Waals surface area contributed by atoms with Crippen LogP contribution in [0.2, 0.25) is 0 Å². The lowest BCUT2D eigenvalue weighted by Gasteiger charge is -2.37. The van der Waals surface area contributed by atoms with Gasteiger partial charge in [0.2, 0.25) is 0 Å². The Morgan fingerprint density at radius 1 is 0.208 bits per heavy atom. The number of furan rings is 1. The highest BCUT2D eigenvalue weighted by Crippen LogP contribution is 2.66. The minimum atomic E-state index is 0.849. The maximum absolute atomic E-state index is 6.81. The topological polar surface area (TPSA) is 19.6 Å². The van der Waals surface area contributed by atoms with E-state index in [1.165, 1.54) is 82.7 Å². The molecule has 360 valence electrons. The second-order valence-electron chi connectivity index (χ2n) is 19.9. The van der Waals surface area contributed by atoms with Crippen LogP contribution in [0.5, 0.6) is 0 Å². The summed E-state index contributed by atoms with van der Waals surface area (Å²) in [5.41, 5.74) is 22.7. The number of fused-ring (bicyclic) bond motifs is 9. The molecule has 0 unspecified atom stereocenters. The van der Waals surface area contributed by atoms with Gasteiger partial charge in [-0.25, -0.2) is 0 Å². The quantitative estimate of drug-likeness (QED) is 0.136. The van der Waals surface area contributed by atoms with Crippen LogP contribution in [0.15, 0.2) is 296 Å². The number of hydrogen-bond donors (Lipinski definition) is 0. The third-order valence-corrected chi connectivity index (χ3v) is 15.5. The van der Waals surface area contributed by atoms with E-state index in [0.717, 1.165) is 61.6 Å². The molecular weight excluding hydrogens is 933 g/mol. The van der Waals surface area contributed by atoms with Gasteiger partial charge in [-0.05, 0) is 161 Å². The van der Waals surface area contributed by atoms with Crippen LogP contribution in [0.4, 0.5) is 34.1 Å². The lowest BCUT2D eigenvalue weighted by atomic mass is 9.65. The van der Waals surface area contributed by atoms with Gasteiger partial charge in [-0.3, -0.25) is 0 Å². The van der Waals surface area contributed by atoms with Crippen LogP contribution in [0.1, 0.15) is 0 Å². The molecule has 0 saturated carbocycles. The highest BCUT2D eigenvalue weighted by Gasteiger charge is 2.39. The van der Waals surface area contributed by atoms with Gasteiger partial charge < -0.3 is 14.2 Å². The third kappa shape index (κ3) is 7.20. The summed E-state index contributed by atoms with van der Waals surface area (Å²) in [6, 6.07) is 106. The Bertz CT molecular complexity index is 4480. The van der Waals surface area contributed by atoms with E-state index in [1.807, 2.05) is 6.07 Å². The SMILES string of the molecule is c1ccc(-c2c3c(c(-c4ccccc4)c4cc(N(c5ccccc5)c5ccccc5)ccc24)-c2c-3c(-c3ccccc3)c3ccc(N(c4ccccc4)c4cccc5c4oc4ccccc45)cc3c2-c2ccccc2)cc1. The predicted molar refractivity (Wildman–Crippen MR) is 324 cm³/mol. The van der Waals surface area contributed by atoms with E-state index in [9.17, 15) is 0 Å². The monoisotopic (exact) mass is 980 g/mol. The Morgan fingerprint density at radius 2 is 0.545 bits per heavy atom. The van der Waals surface area contributed by atoms with Crippen LogP contribution in [-0.2, 0) is 0 Å². The molecule has 0 radical (unpaired) electrons. The molecule has 0 spiro atoms. The molecule has 1 aliphatic rings. The van der Waals surface area contributed by atoms with Crippen molar-refractivity contribution in [2.75, 3.05) is 9.80 Å². The molecule has 0 fully saturated rings. The number of nitrogens with zero attached hydrogens (tertiary/aromatic N) is 2. The first kappa shape index (κ1) is 44.3. The summed E-state index contributed by atoms with van der Waals surface area (Å²) in [5.74, 6) is 0. The number of hydrogen-bond acceptors (Lipinski definition) is 3. The summed E-state index contributed by atoms with van der Waals surface area (Å²) < 4.78 is 6.81. The van der Waals surface area contributed by atoms with Gasteiger partial charge in [0.15, 0.2) is 5.58 Å². The molecule has 0 aliphatic heterocycles. The highest BCUT2D eigenvalue weighted by molar-refractivity contribution is 6.33. The van der Waals surface area contributed by atoms with Crippen molar-refractivity contribution < 1.29 is 4.42 Å². The summed E-state index contributed by atoms with van der Waals surface area (Å²) in [5, 5.41) is 6.95. The zero-order valence-electron chi connectivity index (χ0n) is 42.0. The summed E-state index contributed by atoms with van der Waals surface area (Å²) in [6.07, 6.45) is 0. The van der Waals surface area contributed by atoms with Gasteiger partial charge in [-0.2, -0.15) is 0 Å². The van der Waals surface area contributed by atoms with Gasteiger partial charge in [0.25, 0.3) is 0 Å². The molecule has 1 heterocycles. The first-order valence-corrected chi connectivity index (χ1v) is 26.4. The molecule has 0 bridgehead atoms. The third-order valence-electron chi connectivity index (χ3n) is 15.5. The minimum absolute atomic E-state index is 0.849. The average molecular weight is 981 g/mol.